The number of nitrogens with zero attached hydrogens (tertiary/aromatic N) is 1. The maximum Gasteiger partial charge on any atom is 0.230 e. The number of carbonyl (C=O) groups excluding carboxylic acids is 1. The summed E-state index contributed by atoms with van der Waals surface area (Å²) in [4.78, 5) is 12.2. The lowest BCUT2D eigenvalue weighted by Crippen LogP contribution is -2.40. The lowest BCUT2D eigenvalue weighted by Gasteiger charge is -2.18. The highest BCUT2D eigenvalue weighted by atomic mass is 16.2. The zero-order chi connectivity index (χ0) is 13.2. The van der Waals surface area contributed by atoms with Crippen molar-refractivity contribution < 1.29 is 4.79 Å². The van der Waals surface area contributed by atoms with E-state index in [9.17, 15) is 4.79 Å². The molecule has 94 valence electrons. The summed E-state index contributed by atoms with van der Waals surface area (Å²) in [6.45, 7) is 1.85. The molecule has 0 bridgehead atoms. The van der Waals surface area contributed by atoms with Crippen LogP contribution in [0.2, 0.25) is 0 Å². The third kappa shape index (κ3) is 2.30. The van der Waals surface area contributed by atoms with Crippen LogP contribution in [-0.2, 0) is 10.2 Å². The van der Waals surface area contributed by atoms with E-state index in [1.54, 1.807) is 0 Å². The van der Waals surface area contributed by atoms with Gasteiger partial charge in [0.05, 0.1) is 17.9 Å². The summed E-state index contributed by atoms with van der Waals surface area (Å²) < 4.78 is 0. The maximum absolute atomic E-state index is 12.2. The Balaban J connectivity index is 2.10. The molecule has 0 heterocycles. The van der Waals surface area contributed by atoms with E-state index >= 15 is 0 Å². The lowest BCUT2D eigenvalue weighted by molar-refractivity contribution is -0.124. The second-order valence-electron chi connectivity index (χ2n) is 4.94. The van der Waals surface area contributed by atoms with E-state index in [2.05, 4.69) is 11.4 Å². The van der Waals surface area contributed by atoms with Crippen molar-refractivity contribution >= 4 is 11.6 Å². The molecular formula is C14H17N3O. The monoisotopic (exact) mass is 243 g/mol. The van der Waals surface area contributed by atoms with Gasteiger partial charge in [-0.2, -0.15) is 5.26 Å². The van der Waals surface area contributed by atoms with Crippen molar-refractivity contribution in [1.82, 2.24) is 5.32 Å². The van der Waals surface area contributed by atoms with Gasteiger partial charge in [-0.3, -0.25) is 4.79 Å². The van der Waals surface area contributed by atoms with Crippen LogP contribution in [0, 0.1) is 11.3 Å². The summed E-state index contributed by atoms with van der Waals surface area (Å²) in [7, 11) is 0. The van der Waals surface area contributed by atoms with Crippen LogP contribution >= 0.6 is 0 Å². The minimum Gasteiger partial charge on any atom is -0.399 e. The molecule has 2 rings (SSSR count). The Morgan fingerprint density at radius 1 is 1.50 bits per heavy atom. The predicted octanol–water partition coefficient (Wildman–Crippen LogP) is 1.72. The molecule has 0 aliphatic heterocycles. The normalized spacial score (nSPS) is 17.6. The number of carbonyl (C=O) groups is 1. The Hall–Kier alpha value is -2.02. The largest absolute Gasteiger partial charge is 0.399 e. The number of nitrogen functional groups attached to an aromatic ring is 1. The van der Waals surface area contributed by atoms with Crippen LogP contribution in [0.15, 0.2) is 24.3 Å². The van der Waals surface area contributed by atoms with Gasteiger partial charge in [0.1, 0.15) is 0 Å². The van der Waals surface area contributed by atoms with Gasteiger partial charge in [-0.1, -0.05) is 12.1 Å². The van der Waals surface area contributed by atoms with Crippen molar-refractivity contribution in [2.75, 3.05) is 5.73 Å². The van der Waals surface area contributed by atoms with Crippen LogP contribution in [-0.4, -0.2) is 11.9 Å². The first-order valence-electron chi connectivity index (χ1n) is 6.12. The molecule has 1 atom stereocenters. The third-order valence-corrected chi connectivity index (χ3v) is 3.42. The summed E-state index contributed by atoms with van der Waals surface area (Å²) >= 11 is 0. The van der Waals surface area contributed by atoms with Crippen molar-refractivity contribution in [3.63, 3.8) is 0 Å². The van der Waals surface area contributed by atoms with E-state index < -0.39 is 5.41 Å². The Labute approximate surface area is 107 Å². The van der Waals surface area contributed by atoms with Gasteiger partial charge in [-0.15, -0.1) is 0 Å². The smallest absolute Gasteiger partial charge is 0.230 e. The fourth-order valence-electron chi connectivity index (χ4n) is 2.12. The minimum absolute atomic E-state index is 0.0232. The molecule has 4 nitrogen and oxygen atoms in total. The van der Waals surface area contributed by atoms with Crippen molar-refractivity contribution in [1.29, 1.82) is 5.26 Å². The van der Waals surface area contributed by atoms with Gasteiger partial charge < -0.3 is 11.1 Å². The number of nitriles is 1. The van der Waals surface area contributed by atoms with E-state index in [4.69, 9.17) is 11.0 Å². The maximum atomic E-state index is 12.2. The SMILES string of the molecule is CC(CC#N)NC(=O)C1(c2ccc(N)cc2)CC1. The number of nitrogens with one attached hydrogen (secondary N) is 1. The Bertz CT molecular complexity index is 483. The second-order valence-corrected chi connectivity index (χ2v) is 4.94. The molecule has 4 heteroatoms. The molecule has 0 aromatic heterocycles. The molecule has 0 spiro atoms. The summed E-state index contributed by atoms with van der Waals surface area (Å²) in [5, 5.41) is 11.5. The molecule has 18 heavy (non-hydrogen) atoms. The van der Waals surface area contributed by atoms with Gasteiger partial charge in [0, 0.05) is 11.7 Å². The molecule has 0 saturated heterocycles. The molecular weight excluding hydrogens is 226 g/mol. The fraction of sp³-hybridized carbons (Fsp3) is 0.429. The second kappa shape index (κ2) is 4.69. The first-order chi connectivity index (χ1) is 8.58. The minimum atomic E-state index is -0.391. The van der Waals surface area contributed by atoms with Crippen LogP contribution in [0.4, 0.5) is 5.69 Å². The number of anilines is 1. The van der Waals surface area contributed by atoms with Gasteiger partial charge in [0.25, 0.3) is 0 Å². The van der Waals surface area contributed by atoms with Crippen molar-refractivity contribution in [2.45, 2.75) is 37.6 Å². The van der Waals surface area contributed by atoms with Gasteiger partial charge in [-0.05, 0) is 37.5 Å². The summed E-state index contributed by atoms with van der Waals surface area (Å²) in [5.41, 5.74) is 6.97. The Morgan fingerprint density at radius 2 is 2.11 bits per heavy atom. The van der Waals surface area contributed by atoms with Crippen molar-refractivity contribution in [3.8, 4) is 6.07 Å². The quantitative estimate of drug-likeness (QED) is 0.790. The number of nitrogens with two attached hydrogens (primary N) is 1. The summed E-state index contributed by atoms with van der Waals surface area (Å²) in [5.74, 6) is 0.0232. The first kappa shape index (κ1) is 12.4. The Kier molecular flexibility index (Phi) is 3.24. The highest BCUT2D eigenvalue weighted by molar-refractivity contribution is 5.91. The van der Waals surface area contributed by atoms with Crippen molar-refractivity contribution in [2.24, 2.45) is 0 Å². The molecule has 1 aliphatic rings. The van der Waals surface area contributed by atoms with Crippen LogP contribution in [0.3, 0.4) is 0 Å². The van der Waals surface area contributed by atoms with E-state index in [1.165, 1.54) is 0 Å². The standard InChI is InChI=1S/C14H17N3O/c1-10(6-9-15)17-13(18)14(7-8-14)11-2-4-12(16)5-3-11/h2-5,10H,6-8,16H2,1H3,(H,17,18). The predicted molar refractivity (Wildman–Crippen MR) is 69.6 cm³/mol. The molecule has 1 aromatic carbocycles. The highest BCUT2D eigenvalue weighted by Gasteiger charge is 2.51. The van der Waals surface area contributed by atoms with Crippen LogP contribution < -0.4 is 11.1 Å². The number of hydrogen-bond donors (Lipinski definition) is 2. The molecule has 1 unspecified atom stereocenters. The fourth-order valence-corrected chi connectivity index (χ4v) is 2.12. The van der Waals surface area contributed by atoms with Gasteiger partial charge in [0.2, 0.25) is 5.91 Å². The molecule has 1 fully saturated rings. The average molecular weight is 243 g/mol. The van der Waals surface area contributed by atoms with Crippen LogP contribution in [0.25, 0.3) is 0 Å². The molecule has 0 radical (unpaired) electrons. The first-order valence-corrected chi connectivity index (χ1v) is 6.12. The zero-order valence-corrected chi connectivity index (χ0v) is 10.4. The molecule has 1 amide bonds. The van der Waals surface area contributed by atoms with Gasteiger partial charge in [-0.25, -0.2) is 0 Å². The molecule has 1 aromatic rings. The van der Waals surface area contributed by atoms with E-state index in [0.717, 1.165) is 18.4 Å². The van der Waals surface area contributed by atoms with E-state index in [-0.39, 0.29) is 11.9 Å². The summed E-state index contributed by atoms with van der Waals surface area (Å²) in [6.07, 6.45) is 2.06. The number of hydrogen-bond acceptors (Lipinski definition) is 3. The van der Waals surface area contributed by atoms with E-state index in [0.29, 0.717) is 12.1 Å². The van der Waals surface area contributed by atoms with E-state index in [1.807, 2.05) is 31.2 Å². The van der Waals surface area contributed by atoms with Gasteiger partial charge in [0.15, 0.2) is 0 Å². The number of amides is 1. The average Bonchev–Trinajstić information content (AvgIpc) is 3.11. The van der Waals surface area contributed by atoms with Crippen LogP contribution in [0.1, 0.15) is 31.7 Å². The number of rotatable bonds is 4. The molecule has 3 N–H and O–H groups in total. The zero-order valence-electron chi connectivity index (χ0n) is 10.4. The summed E-state index contributed by atoms with van der Waals surface area (Å²) in [6, 6.07) is 9.43. The molecule has 1 saturated carbocycles. The van der Waals surface area contributed by atoms with Gasteiger partial charge >= 0.3 is 0 Å². The third-order valence-electron chi connectivity index (χ3n) is 3.42. The van der Waals surface area contributed by atoms with Crippen LogP contribution in [0.5, 0.6) is 0 Å². The molecule has 1 aliphatic carbocycles. The van der Waals surface area contributed by atoms with Crippen molar-refractivity contribution in [3.05, 3.63) is 29.8 Å². The Morgan fingerprint density at radius 3 is 2.61 bits per heavy atom. The topological polar surface area (TPSA) is 78.9 Å². The number of benzene rings is 1. The lowest BCUT2D eigenvalue weighted by atomic mass is 9.94. The highest BCUT2D eigenvalue weighted by Crippen LogP contribution is 2.48.